The Morgan fingerprint density at radius 2 is 1.92 bits per heavy atom. The summed E-state index contributed by atoms with van der Waals surface area (Å²) in [5.41, 5.74) is 0. The molecule has 1 unspecified atom stereocenters. The summed E-state index contributed by atoms with van der Waals surface area (Å²) in [6.45, 7) is 4.10. The minimum absolute atomic E-state index is 0.235. The van der Waals surface area contributed by atoms with E-state index in [9.17, 15) is 0 Å². The second-order valence-corrected chi connectivity index (χ2v) is 3.48. The molecule has 1 aliphatic heterocycles. The zero-order chi connectivity index (χ0) is 9.26. The van der Waals surface area contributed by atoms with E-state index in [0.29, 0.717) is 0 Å². The smallest absolute Gasteiger partial charge is 0.217 e. The molecule has 0 bridgehead atoms. The summed E-state index contributed by atoms with van der Waals surface area (Å²) in [4.78, 5) is 0. The van der Waals surface area contributed by atoms with Gasteiger partial charge in [-0.05, 0) is 32.4 Å². The topological polar surface area (TPSA) is 31.6 Å². The quantitative estimate of drug-likeness (QED) is 0.668. The lowest BCUT2D eigenvalue weighted by Crippen LogP contribution is -2.30. The Morgan fingerprint density at radius 1 is 1.23 bits per heavy atom. The van der Waals surface area contributed by atoms with Crippen LogP contribution in [0.4, 0.5) is 0 Å². The van der Waals surface area contributed by atoms with Crippen molar-refractivity contribution in [2.75, 3.05) is 0 Å². The minimum Gasteiger partial charge on any atom is -0.464 e. The van der Waals surface area contributed by atoms with E-state index < -0.39 is 0 Å². The Labute approximate surface area is 77.6 Å². The molecule has 72 valence electrons. The van der Waals surface area contributed by atoms with Gasteiger partial charge >= 0.3 is 0 Å². The molecule has 1 aromatic rings. The van der Waals surface area contributed by atoms with Crippen molar-refractivity contribution in [1.29, 1.82) is 0 Å². The molecule has 0 aliphatic carbocycles. The van der Waals surface area contributed by atoms with Crippen LogP contribution in [-0.2, 0) is 9.47 Å². The highest BCUT2D eigenvalue weighted by Crippen LogP contribution is 2.29. The van der Waals surface area contributed by atoms with Crippen LogP contribution < -0.4 is 0 Å². The van der Waals surface area contributed by atoms with Crippen LogP contribution >= 0.6 is 0 Å². The van der Waals surface area contributed by atoms with Gasteiger partial charge in [0.25, 0.3) is 0 Å². The van der Waals surface area contributed by atoms with Gasteiger partial charge in [0.05, 0.1) is 18.5 Å². The molecule has 0 aromatic carbocycles. The zero-order valence-corrected chi connectivity index (χ0v) is 7.90. The van der Waals surface area contributed by atoms with Crippen molar-refractivity contribution in [3.05, 3.63) is 24.2 Å². The van der Waals surface area contributed by atoms with E-state index in [1.165, 1.54) is 0 Å². The predicted molar refractivity (Wildman–Crippen MR) is 47.2 cm³/mol. The van der Waals surface area contributed by atoms with Crippen LogP contribution in [0.25, 0.3) is 0 Å². The molecule has 13 heavy (non-hydrogen) atoms. The summed E-state index contributed by atoms with van der Waals surface area (Å²) >= 11 is 0. The van der Waals surface area contributed by atoms with Crippen LogP contribution in [0.5, 0.6) is 0 Å². The van der Waals surface area contributed by atoms with Gasteiger partial charge in [-0.3, -0.25) is 0 Å². The molecule has 3 heteroatoms. The second kappa shape index (κ2) is 3.52. The van der Waals surface area contributed by atoms with Crippen molar-refractivity contribution in [2.24, 2.45) is 0 Å². The Balaban J connectivity index is 2.07. The van der Waals surface area contributed by atoms with Crippen molar-refractivity contribution in [3.63, 3.8) is 0 Å². The average molecular weight is 182 g/mol. The summed E-state index contributed by atoms with van der Waals surface area (Å²) in [6, 6.07) is 3.71. The number of hydrogen-bond acceptors (Lipinski definition) is 3. The molecular weight excluding hydrogens is 168 g/mol. The van der Waals surface area contributed by atoms with Gasteiger partial charge in [-0.15, -0.1) is 0 Å². The lowest BCUT2D eigenvalue weighted by molar-refractivity contribution is -0.246. The highest BCUT2D eigenvalue weighted by molar-refractivity contribution is 5.00. The monoisotopic (exact) mass is 182 g/mol. The van der Waals surface area contributed by atoms with Crippen molar-refractivity contribution >= 4 is 0 Å². The van der Waals surface area contributed by atoms with E-state index in [1.807, 2.05) is 12.1 Å². The molecule has 0 saturated carbocycles. The van der Waals surface area contributed by atoms with E-state index in [0.717, 1.165) is 12.2 Å². The first-order valence-corrected chi connectivity index (χ1v) is 4.60. The maximum Gasteiger partial charge on any atom is 0.217 e. The fourth-order valence-electron chi connectivity index (χ4n) is 1.59. The Bertz CT molecular complexity index is 245. The maximum atomic E-state index is 5.59. The van der Waals surface area contributed by atoms with Gasteiger partial charge in [0.2, 0.25) is 6.29 Å². The van der Waals surface area contributed by atoms with Gasteiger partial charge in [0.15, 0.2) is 5.76 Å². The lowest BCUT2D eigenvalue weighted by Gasteiger charge is -2.31. The van der Waals surface area contributed by atoms with Gasteiger partial charge in [-0.2, -0.15) is 0 Å². The van der Waals surface area contributed by atoms with E-state index in [2.05, 4.69) is 13.8 Å². The first-order chi connectivity index (χ1) is 6.25. The number of furan rings is 1. The molecule has 2 heterocycles. The van der Waals surface area contributed by atoms with E-state index in [4.69, 9.17) is 13.9 Å². The average Bonchev–Trinajstić information content (AvgIpc) is 2.53. The van der Waals surface area contributed by atoms with E-state index >= 15 is 0 Å². The third-order valence-electron chi connectivity index (χ3n) is 2.15. The number of ether oxygens (including phenoxy) is 2. The fraction of sp³-hybridized carbons (Fsp3) is 0.600. The molecule has 1 fully saturated rings. The second-order valence-electron chi connectivity index (χ2n) is 3.48. The SMILES string of the molecule is C[C@@H]1C[C@H](C)OC(c2ccco2)O1. The summed E-state index contributed by atoms with van der Waals surface area (Å²) in [6.07, 6.45) is 2.72. The number of rotatable bonds is 1. The third kappa shape index (κ3) is 1.92. The first kappa shape index (κ1) is 8.78. The first-order valence-electron chi connectivity index (χ1n) is 4.60. The third-order valence-corrected chi connectivity index (χ3v) is 2.15. The van der Waals surface area contributed by atoms with Crippen LogP contribution in [0.3, 0.4) is 0 Å². The molecule has 0 spiro atoms. The molecule has 1 aromatic heterocycles. The molecular formula is C10H14O3. The molecule has 0 N–H and O–H groups in total. The molecule has 3 nitrogen and oxygen atoms in total. The maximum absolute atomic E-state index is 5.59. The van der Waals surface area contributed by atoms with Gasteiger partial charge in [-0.1, -0.05) is 0 Å². The molecule has 0 amide bonds. The molecule has 1 saturated heterocycles. The molecule has 2 rings (SSSR count). The largest absolute Gasteiger partial charge is 0.464 e. The zero-order valence-electron chi connectivity index (χ0n) is 7.90. The van der Waals surface area contributed by atoms with E-state index in [-0.39, 0.29) is 18.5 Å². The van der Waals surface area contributed by atoms with Gasteiger partial charge in [-0.25, -0.2) is 0 Å². The minimum atomic E-state index is -0.325. The summed E-state index contributed by atoms with van der Waals surface area (Å²) in [7, 11) is 0. The summed E-state index contributed by atoms with van der Waals surface area (Å²) < 4.78 is 16.4. The summed E-state index contributed by atoms with van der Waals surface area (Å²) in [5, 5.41) is 0. The van der Waals surface area contributed by atoms with Crippen LogP contribution in [0.15, 0.2) is 22.8 Å². The van der Waals surface area contributed by atoms with Crippen LogP contribution in [0.1, 0.15) is 32.3 Å². The van der Waals surface area contributed by atoms with Crippen molar-refractivity contribution in [1.82, 2.24) is 0 Å². The molecule has 0 radical (unpaired) electrons. The highest BCUT2D eigenvalue weighted by atomic mass is 16.7. The number of hydrogen-bond donors (Lipinski definition) is 0. The molecule has 3 atom stereocenters. The van der Waals surface area contributed by atoms with Crippen molar-refractivity contribution in [2.45, 2.75) is 38.8 Å². The van der Waals surface area contributed by atoms with Crippen LogP contribution in [0.2, 0.25) is 0 Å². The normalized spacial score (nSPS) is 34.8. The van der Waals surface area contributed by atoms with Crippen molar-refractivity contribution < 1.29 is 13.9 Å². The Morgan fingerprint density at radius 3 is 2.46 bits per heavy atom. The lowest BCUT2D eigenvalue weighted by atomic mass is 10.2. The predicted octanol–water partition coefficient (Wildman–Crippen LogP) is 2.49. The van der Waals surface area contributed by atoms with Crippen molar-refractivity contribution in [3.8, 4) is 0 Å². The fourth-order valence-corrected chi connectivity index (χ4v) is 1.59. The standard InChI is InChI=1S/C10H14O3/c1-7-6-8(2)13-10(12-7)9-4-3-5-11-9/h3-5,7-8,10H,6H2,1-2H3/t7-,8+,10?. The van der Waals surface area contributed by atoms with Gasteiger partial charge in [0.1, 0.15) is 0 Å². The Kier molecular flexibility index (Phi) is 2.38. The highest BCUT2D eigenvalue weighted by Gasteiger charge is 2.27. The molecule has 1 aliphatic rings. The summed E-state index contributed by atoms with van der Waals surface area (Å²) in [5.74, 6) is 0.749. The van der Waals surface area contributed by atoms with Gasteiger partial charge < -0.3 is 13.9 Å². The van der Waals surface area contributed by atoms with E-state index in [1.54, 1.807) is 6.26 Å². The van der Waals surface area contributed by atoms with Crippen LogP contribution in [0, 0.1) is 0 Å². The Hall–Kier alpha value is -0.800. The van der Waals surface area contributed by atoms with Crippen LogP contribution in [-0.4, -0.2) is 12.2 Å². The van der Waals surface area contributed by atoms with Gasteiger partial charge in [0, 0.05) is 0 Å².